The van der Waals surface area contributed by atoms with Crippen LogP contribution in [0.5, 0.6) is 0 Å². The number of imide groups is 1. The zero-order chi connectivity index (χ0) is 16.8. The van der Waals surface area contributed by atoms with Crippen molar-refractivity contribution < 1.29 is 14.3 Å². The van der Waals surface area contributed by atoms with E-state index in [2.05, 4.69) is 12.1 Å². The van der Waals surface area contributed by atoms with Gasteiger partial charge in [-0.3, -0.25) is 0 Å². The summed E-state index contributed by atoms with van der Waals surface area (Å²) < 4.78 is 6.64. The molecular weight excluding hydrogens is 381 g/mol. The Labute approximate surface area is 147 Å². The van der Waals surface area contributed by atoms with Crippen molar-refractivity contribution >= 4 is 43.0 Å². The van der Waals surface area contributed by atoms with Crippen LogP contribution in [0.15, 0.2) is 30.3 Å². The molecule has 1 saturated heterocycles. The predicted molar refractivity (Wildman–Crippen MR) is 90.2 cm³/mol. The van der Waals surface area contributed by atoms with Gasteiger partial charge >= 0.3 is 148 Å². The van der Waals surface area contributed by atoms with Crippen molar-refractivity contribution in [2.45, 2.75) is 49.0 Å². The van der Waals surface area contributed by atoms with E-state index in [0.717, 1.165) is 0 Å². The number of carbonyl (C=O) groups is 2. The van der Waals surface area contributed by atoms with Gasteiger partial charge in [0.2, 0.25) is 0 Å². The molecule has 2 amide bonds. The Balaban J connectivity index is 1.79. The Hall–Kier alpha value is -1.03. The standard InChI is InChI=1S/C17H20ClNO3Se/c1-17(2,3)22-16(21)19-12-9-11(15(19)20)13(18)14(12)23-10-7-5-4-6-8-10/h4-8,11-14H,9H2,1-3H3/t11-,12+,13+,14+/m1/s1. The third-order valence-electron chi connectivity index (χ3n) is 4.06. The van der Waals surface area contributed by atoms with Gasteiger partial charge in [-0.05, 0) is 0 Å². The first-order valence-electron chi connectivity index (χ1n) is 7.70. The molecule has 23 heavy (non-hydrogen) atoms. The summed E-state index contributed by atoms with van der Waals surface area (Å²) in [7, 11) is 0. The van der Waals surface area contributed by atoms with Gasteiger partial charge in [0.15, 0.2) is 0 Å². The fraction of sp³-hybridized carbons (Fsp3) is 0.529. The molecule has 2 fully saturated rings. The Morgan fingerprint density at radius 3 is 2.52 bits per heavy atom. The van der Waals surface area contributed by atoms with Crippen molar-refractivity contribution in [1.29, 1.82) is 0 Å². The van der Waals surface area contributed by atoms with Crippen molar-refractivity contribution in [2.24, 2.45) is 5.92 Å². The number of alkyl halides is 1. The Morgan fingerprint density at radius 2 is 1.96 bits per heavy atom. The van der Waals surface area contributed by atoms with E-state index in [9.17, 15) is 9.59 Å². The summed E-state index contributed by atoms with van der Waals surface area (Å²) in [5.41, 5.74) is -0.611. The van der Waals surface area contributed by atoms with Crippen LogP contribution >= 0.6 is 11.6 Å². The Bertz CT molecular complexity index is 616. The van der Waals surface area contributed by atoms with Gasteiger partial charge in [-0.2, -0.15) is 0 Å². The van der Waals surface area contributed by atoms with Crippen molar-refractivity contribution in [3.8, 4) is 0 Å². The number of amides is 2. The molecule has 1 aromatic rings. The monoisotopic (exact) mass is 401 g/mol. The summed E-state index contributed by atoms with van der Waals surface area (Å²) in [4.78, 5) is 26.3. The minimum atomic E-state index is -0.611. The van der Waals surface area contributed by atoms with E-state index in [-0.39, 0.29) is 43.0 Å². The van der Waals surface area contributed by atoms with Crippen LogP contribution in [0.25, 0.3) is 0 Å². The van der Waals surface area contributed by atoms with E-state index >= 15 is 0 Å². The molecule has 0 unspecified atom stereocenters. The summed E-state index contributed by atoms with van der Waals surface area (Å²) in [6.07, 6.45) is 0.123. The molecule has 0 radical (unpaired) electrons. The fourth-order valence-electron chi connectivity index (χ4n) is 3.13. The van der Waals surface area contributed by atoms with Crippen LogP contribution in [0.2, 0.25) is 4.82 Å². The van der Waals surface area contributed by atoms with Crippen LogP contribution in [0, 0.1) is 5.92 Å². The zero-order valence-electron chi connectivity index (χ0n) is 13.4. The summed E-state index contributed by atoms with van der Waals surface area (Å²) >= 11 is 6.66. The van der Waals surface area contributed by atoms with Crippen LogP contribution in [0.1, 0.15) is 27.2 Å². The van der Waals surface area contributed by atoms with Crippen molar-refractivity contribution in [3.63, 3.8) is 0 Å². The number of piperidine rings is 1. The molecule has 3 rings (SSSR count). The number of likely N-dealkylation sites (tertiary alicyclic amines) is 1. The Morgan fingerprint density at radius 1 is 1.30 bits per heavy atom. The normalized spacial score (nSPS) is 29.9. The first-order valence-corrected chi connectivity index (χ1v) is 9.98. The molecule has 0 N–H and O–H groups in total. The maximum atomic E-state index is 12.5. The number of fused-ring (bicyclic) bond motifs is 2. The number of hydrogen-bond acceptors (Lipinski definition) is 3. The van der Waals surface area contributed by atoms with Crippen molar-refractivity contribution in [1.82, 2.24) is 4.90 Å². The van der Waals surface area contributed by atoms with Gasteiger partial charge in [0.05, 0.1) is 0 Å². The van der Waals surface area contributed by atoms with Crippen LogP contribution in [-0.4, -0.2) is 48.9 Å². The first kappa shape index (κ1) is 16.8. The van der Waals surface area contributed by atoms with Gasteiger partial charge in [0.25, 0.3) is 0 Å². The molecule has 6 heteroatoms. The van der Waals surface area contributed by atoms with Crippen LogP contribution in [0.3, 0.4) is 0 Å². The van der Waals surface area contributed by atoms with Gasteiger partial charge in [-0.25, -0.2) is 0 Å². The second-order valence-electron chi connectivity index (χ2n) is 6.94. The third-order valence-corrected chi connectivity index (χ3v) is 7.97. The van der Waals surface area contributed by atoms with Crippen molar-refractivity contribution in [3.05, 3.63) is 30.3 Å². The second-order valence-corrected chi connectivity index (χ2v) is 10.1. The molecule has 0 spiro atoms. The number of hydrogen-bond donors (Lipinski definition) is 0. The van der Waals surface area contributed by atoms with E-state index in [1.165, 1.54) is 9.36 Å². The van der Waals surface area contributed by atoms with E-state index in [1.54, 1.807) is 20.8 Å². The quantitative estimate of drug-likeness (QED) is 0.566. The van der Waals surface area contributed by atoms with Gasteiger partial charge in [0.1, 0.15) is 0 Å². The van der Waals surface area contributed by atoms with E-state index < -0.39 is 11.7 Å². The zero-order valence-corrected chi connectivity index (χ0v) is 15.8. The Kier molecular flexibility index (Phi) is 4.47. The molecular formula is C17H20ClNO3Se. The molecule has 1 aliphatic carbocycles. The summed E-state index contributed by atoms with van der Waals surface area (Å²) in [6, 6.07) is 10.0. The number of nitrogens with zero attached hydrogens (tertiary/aromatic N) is 1. The summed E-state index contributed by atoms with van der Waals surface area (Å²) in [5, 5.41) is -0.189. The topological polar surface area (TPSA) is 46.6 Å². The molecule has 4 atom stereocenters. The third kappa shape index (κ3) is 3.28. The van der Waals surface area contributed by atoms with E-state index in [4.69, 9.17) is 16.3 Å². The summed E-state index contributed by atoms with van der Waals surface area (Å²) in [5.74, 6) is -0.436. The van der Waals surface area contributed by atoms with Crippen LogP contribution in [-0.2, 0) is 9.53 Å². The number of carbonyl (C=O) groups excluding carboxylic acids is 2. The average molecular weight is 401 g/mol. The molecule has 0 aromatic heterocycles. The number of ether oxygens (including phenoxy) is 1. The van der Waals surface area contributed by atoms with Crippen LogP contribution in [0.4, 0.5) is 4.79 Å². The molecule has 1 aromatic carbocycles. The van der Waals surface area contributed by atoms with Gasteiger partial charge in [-0.1, -0.05) is 0 Å². The average Bonchev–Trinajstić information content (AvgIpc) is 2.94. The molecule has 2 bridgehead atoms. The maximum absolute atomic E-state index is 12.5. The molecule has 4 nitrogen and oxygen atoms in total. The number of halogens is 1. The number of benzene rings is 1. The molecule has 2 aliphatic rings. The molecule has 1 saturated carbocycles. The van der Waals surface area contributed by atoms with Crippen LogP contribution < -0.4 is 4.46 Å². The van der Waals surface area contributed by atoms with E-state index in [0.29, 0.717) is 6.42 Å². The molecule has 1 heterocycles. The minimum absolute atomic E-state index is 0.119. The SMILES string of the molecule is CC(C)(C)OC(=O)N1C(=O)[C@@H]2C[C@H]1[C@H]([Se]c1ccccc1)[C@H]2Cl. The first-order chi connectivity index (χ1) is 10.8. The van der Waals surface area contributed by atoms with Gasteiger partial charge < -0.3 is 0 Å². The molecule has 1 aliphatic heterocycles. The number of rotatable bonds is 2. The fourth-order valence-corrected chi connectivity index (χ4v) is 6.59. The second kappa shape index (κ2) is 6.12. The molecule has 124 valence electrons. The summed E-state index contributed by atoms with van der Waals surface area (Å²) in [6.45, 7) is 5.42. The van der Waals surface area contributed by atoms with E-state index in [1.807, 2.05) is 18.2 Å². The van der Waals surface area contributed by atoms with Gasteiger partial charge in [0, 0.05) is 0 Å². The van der Waals surface area contributed by atoms with Crippen molar-refractivity contribution in [2.75, 3.05) is 0 Å². The van der Waals surface area contributed by atoms with Gasteiger partial charge in [-0.15, -0.1) is 0 Å². The predicted octanol–water partition coefficient (Wildman–Crippen LogP) is 2.58.